The molecule has 0 aliphatic rings. The molecule has 2 rings (SSSR count). The van der Waals surface area contributed by atoms with Crippen LogP contribution in [0.1, 0.15) is 11.1 Å². The summed E-state index contributed by atoms with van der Waals surface area (Å²) < 4.78 is 0. The van der Waals surface area contributed by atoms with E-state index in [1.165, 1.54) is 0 Å². The van der Waals surface area contributed by atoms with Crippen LogP contribution < -0.4 is 10.6 Å². The van der Waals surface area contributed by atoms with E-state index in [1.54, 1.807) is 6.20 Å². The Bertz CT molecular complexity index is 510. The van der Waals surface area contributed by atoms with Gasteiger partial charge in [0.2, 0.25) is 0 Å². The molecule has 0 aliphatic carbocycles. The minimum Gasteiger partial charge on any atom is -0.399 e. The Labute approximate surface area is 101 Å². The van der Waals surface area contributed by atoms with Crippen LogP contribution in [0.4, 0.5) is 11.5 Å². The Hall–Kier alpha value is -2.10. The number of hydrogen-bond donors (Lipinski definition) is 1. The SMILES string of the molecule is Cc1cnnc(N(C)Cc2cccc(N)c2)c1. The maximum Gasteiger partial charge on any atom is 0.151 e. The topological polar surface area (TPSA) is 55.0 Å². The fraction of sp³-hybridized carbons (Fsp3) is 0.231. The Balaban J connectivity index is 2.14. The summed E-state index contributed by atoms with van der Waals surface area (Å²) in [5.74, 6) is 0.868. The lowest BCUT2D eigenvalue weighted by Gasteiger charge is -2.18. The number of nitrogens with zero attached hydrogens (tertiary/aromatic N) is 3. The predicted molar refractivity (Wildman–Crippen MR) is 69.7 cm³/mol. The molecule has 1 aromatic carbocycles. The van der Waals surface area contributed by atoms with E-state index in [-0.39, 0.29) is 0 Å². The molecule has 0 atom stereocenters. The number of hydrogen-bond acceptors (Lipinski definition) is 4. The van der Waals surface area contributed by atoms with Gasteiger partial charge in [-0.2, -0.15) is 5.10 Å². The number of aryl methyl sites for hydroxylation is 1. The average molecular weight is 228 g/mol. The van der Waals surface area contributed by atoms with Crippen LogP contribution in [0.5, 0.6) is 0 Å². The first-order chi connectivity index (χ1) is 8.15. The Morgan fingerprint density at radius 2 is 2.12 bits per heavy atom. The van der Waals surface area contributed by atoms with E-state index in [1.807, 2.05) is 38.2 Å². The number of benzene rings is 1. The number of aromatic nitrogens is 2. The Morgan fingerprint density at radius 3 is 2.82 bits per heavy atom. The Morgan fingerprint density at radius 1 is 1.29 bits per heavy atom. The second kappa shape index (κ2) is 4.82. The minimum absolute atomic E-state index is 0.767. The normalized spacial score (nSPS) is 10.2. The molecule has 0 aliphatic heterocycles. The van der Waals surface area contributed by atoms with Crippen molar-refractivity contribution in [2.45, 2.75) is 13.5 Å². The third kappa shape index (κ3) is 2.93. The van der Waals surface area contributed by atoms with Gasteiger partial charge in [-0.1, -0.05) is 12.1 Å². The number of rotatable bonds is 3. The summed E-state index contributed by atoms with van der Waals surface area (Å²) in [6.45, 7) is 2.77. The third-order valence-electron chi connectivity index (χ3n) is 2.54. The first-order valence-corrected chi connectivity index (χ1v) is 5.50. The predicted octanol–water partition coefficient (Wildman–Crippen LogP) is 2.00. The molecule has 0 bridgehead atoms. The lowest BCUT2D eigenvalue weighted by atomic mass is 10.2. The molecule has 0 saturated heterocycles. The highest BCUT2D eigenvalue weighted by Gasteiger charge is 2.04. The molecule has 1 heterocycles. The maximum atomic E-state index is 5.75. The summed E-state index contributed by atoms with van der Waals surface area (Å²) in [4.78, 5) is 2.05. The van der Waals surface area contributed by atoms with Crippen molar-refractivity contribution < 1.29 is 0 Å². The first kappa shape index (κ1) is 11.4. The standard InChI is InChI=1S/C13H16N4/c1-10-6-13(16-15-8-10)17(2)9-11-4-3-5-12(14)7-11/h3-8H,9,14H2,1-2H3. The van der Waals surface area contributed by atoms with Gasteiger partial charge in [0.05, 0.1) is 6.20 Å². The zero-order chi connectivity index (χ0) is 12.3. The quantitative estimate of drug-likeness (QED) is 0.816. The van der Waals surface area contributed by atoms with Gasteiger partial charge in [0, 0.05) is 19.3 Å². The number of anilines is 2. The molecule has 4 nitrogen and oxygen atoms in total. The van der Waals surface area contributed by atoms with E-state index < -0.39 is 0 Å². The second-order valence-electron chi connectivity index (χ2n) is 4.19. The molecule has 2 aromatic rings. The van der Waals surface area contributed by atoms with E-state index in [2.05, 4.69) is 21.2 Å². The van der Waals surface area contributed by atoms with Crippen molar-refractivity contribution in [2.75, 3.05) is 17.7 Å². The van der Waals surface area contributed by atoms with Crippen LogP contribution in [0.2, 0.25) is 0 Å². The zero-order valence-corrected chi connectivity index (χ0v) is 10.1. The van der Waals surface area contributed by atoms with E-state index in [0.29, 0.717) is 0 Å². The summed E-state index contributed by atoms with van der Waals surface area (Å²) in [7, 11) is 1.99. The molecule has 17 heavy (non-hydrogen) atoms. The van der Waals surface area contributed by atoms with Crippen LogP contribution in [0.3, 0.4) is 0 Å². The highest BCUT2D eigenvalue weighted by atomic mass is 15.2. The summed E-state index contributed by atoms with van der Waals surface area (Å²) >= 11 is 0. The van der Waals surface area contributed by atoms with Crippen molar-refractivity contribution in [3.05, 3.63) is 47.7 Å². The van der Waals surface area contributed by atoms with Crippen LogP contribution in [0, 0.1) is 6.92 Å². The van der Waals surface area contributed by atoms with Crippen molar-refractivity contribution in [3.63, 3.8) is 0 Å². The molecule has 0 unspecified atom stereocenters. The lowest BCUT2D eigenvalue weighted by molar-refractivity contribution is 0.863. The second-order valence-corrected chi connectivity index (χ2v) is 4.19. The molecule has 1 aromatic heterocycles. The molecule has 2 N–H and O–H groups in total. The zero-order valence-electron chi connectivity index (χ0n) is 10.1. The van der Waals surface area contributed by atoms with Gasteiger partial charge in [-0.05, 0) is 36.2 Å². The molecule has 0 saturated carbocycles. The number of nitrogen functional groups attached to an aromatic ring is 1. The van der Waals surface area contributed by atoms with Gasteiger partial charge < -0.3 is 10.6 Å². The highest BCUT2D eigenvalue weighted by molar-refractivity contribution is 5.44. The van der Waals surface area contributed by atoms with Crippen molar-refractivity contribution in [2.24, 2.45) is 0 Å². The van der Waals surface area contributed by atoms with Gasteiger partial charge in [-0.3, -0.25) is 0 Å². The molecule has 0 fully saturated rings. The molecule has 0 spiro atoms. The summed E-state index contributed by atoms with van der Waals surface area (Å²) in [5.41, 5.74) is 8.80. The highest BCUT2D eigenvalue weighted by Crippen LogP contribution is 2.14. The largest absolute Gasteiger partial charge is 0.399 e. The first-order valence-electron chi connectivity index (χ1n) is 5.50. The molecule has 0 amide bonds. The van der Waals surface area contributed by atoms with Gasteiger partial charge in [0.15, 0.2) is 5.82 Å². The minimum atomic E-state index is 0.767. The van der Waals surface area contributed by atoms with Crippen LogP contribution in [-0.2, 0) is 6.54 Å². The molecule has 88 valence electrons. The van der Waals surface area contributed by atoms with Crippen LogP contribution >= 0.6 is 0 Å². The molecule has 0 radical (unpaired) electrons. The van der Waals surface area contributed by atoms with E-state index in [4.69, 9.17) is 5.73 Å². The monoisotopic (exact) mass is 228 g/mol. The molecular weight excluding hydrogens is 212 g/mol. The van der Waals surface area contributed by atoms with Crippen LogP contribution in [0.25, 0.3) is 0 Å². The van der Waals surface area contributed by atoms with Gasteiger partial charge in [0.25, 0.3) is 0 Å². The van der Waals surface area contributed by atoms with E-state index >= 15 is 0 Å². The van der Waals surface area contributed by atoms with Gasteiger partial charge in [-0.25, -0.2) is 0 Å². The fourth-order valence-corrected chi connectivity index (χ4v) is 1.68. The summed E-state index contributed by atoms with van der Waals surface area (Å²) in [6, 6.07) is 9.88. The van der Waals surface area contributed by atoms with Gasteiger partial charge in [0.1, 0.15) is 0 Å². The average Bonchev–Trinajstić information content (AvgIpc) is 2.29. The van der Waals surface area contributed by atoms with Gasteiger partial charge >= 0.3 is 0 Å². The fourth-order valence-electron chi connectivity index (χ4n) is 1.68. The number of nitrogens with two attached hydrogens (primary N) is 1. The maximum absolute atomic E-state index is 5.75. The molecule has 4 heteroatoms. The smallest absolute Gasteiger partial charge is 0.151 e. The van der Waals surface area contributed by atoms with Gasteiger partial charge in [-0.15, -0.1) is 5.10 Å². The van der Waals surface area contributed by atoms with E-state index in [0.717, 1.165) is 29.2 Å². The van der Waals surface area contributed by atoms with Crippen molar-refractivity contribution in [1.82, 2.24) is 10.2 Å². The van der Waals surface area contributed by atoms with Crippen molar-refractivity contribution in [3.8, 4) is 0 Å². The molecular formula is C13H16N4. The Kier molecular flexibility index (Phi) is 3.23. The van der Waals surface area contributed by atoms with Crippen LogP contribution in [0.15, 0.2) is 36.5 Å². The van der Waals surface area contributed by atoms with Crippen molar-refractivity contribution >= 4 is 11.5 Å². The lowest BCUT2D eigenvalue weighted by Crippen LogP contribution is -2.18. The van der Waals surface area contributed by atoms with Crippen molar-refractivity contribution in [1.29, 1.82) is 0 Å². The summed E-state index contributed by atoms with van der Waals surface area (Å²) in [6.07, 6.45) is 1.75. The third-order valence-corrected chi connectivity index (χ3v) is 2.54. The summed E-state index contributed by atoms with van der Waals surface area (Å²) in [5, 5.41) is 8.05. The van der Waals surface area contributed by atoms with E-state index in [9.17, 15) is 0 Å². The van der Waals surface area contributed by atoms with Crippen LogP contribution in [-0.4, -0.2) is 17.2 Å².